The molecule has 0 spiro atoms. The first-order chi connectivity index (χ1) is 10.4. The summed E-state index contributed by atoms with van der Waals surface area (Å²) in [6, 6.07) is 0. The van der Waals surface area contributed by atoms with Gasteiger partial charge in [0.05, 0.1) is 0 Å². The smallest absolute Gasteiger partial charge is 0.00128 e. The largest absolute Gasteiger partial charge is 0.309 e. The van der Waals surface area contributed by atoms with Gasteiger partial charge in [0.2, 0.25) is 0 Å². The van der Waals surface area contributed by atoms with Crippen LogP contribution in [0.4, 0.5) is 0 Å². The zero-order chi connectivity index (χ0) is 16.3. The minimum absolute atomic E-state index is 0. The second-order valence-electron chi connectivity index (χ2n) is 8.33. The summed E-state index contributed by atoms with van der Waals surface area (Å²) in [7, 11) is 4.41. The Balaban J connectivity index is 0.00000264. The number of nitrogens with zero attached hydrogens (tertiary/aromatic N) is 1. The molecule has 2 aliphatic rings. The summed E-state index contributed by atoms with van der Waals surface area (Å²) in [4.78, 5) is 2.34. The molecule has 0 N–H and O–H groups in total. The number of hydrogen-bond donors (Lipinski definition) is 0. The zero-order valence-corrected chi connectivity index (χ0v) is 16.8. The molecule has 0 amide bonds. The van der Waals surface area contributed by atoms with E-state index in [0.717, 1.165) is 5.92 Å². The summed E-state index contributed by atoms with van der Waals surface area (Å²) in [5, 5.41) is 0. The van der Waals surface area contributed by atoms with Gasteiger partial charge in [-0.3, -0.25) is 0 Å². The van der Waals surface area contributed by atoms with Crippen LogP contribution in [0.5, 0.6) is 0 Å². The van der Waals surface area contributed by atoms with Crippen LogP contribution in [0.15, 0.2) is 22.3 Å². The van der Waals surface area contributed by atoms with Crippen LogP contribution in [-0.4, -0.2) is 44.4 Å². The van der Waals surface area contributed by atoms with E-state index in [-0.39, 0.29) is 18.9 Å². The first-order valence-electron chi connectivity index (χ1n) is 9.51. The van der Waals surface area contributed by atoms with E-state index in [4.69, 9.17) is 0 Å². The van der Waals surface area contributed by atoms with Crippen LogP contribution < -0.4 is 0 Å². The van der Waals surface area contributed by atoms with Crippen LogP contribution in [0.1, 0.15) is 72.6 Å². The minimum Gasteiger partial charge on any atom is -0.309 e. The SMILES string of the molecule is CC(C)C1=C(C(C)C)C(C2CCCCC2)=C(CCN(C)C)C1.[Li]. The van der Waals surface area contributed by atoms with Crippen molar-refractivity contribution in [1.29, 1.82) is 0 Å². The predicted octanol–water partition coefficient (Wildman–Crippen LogP) is 5.45. The Morgan fingerprint density at radius 2 is 1.57 bits per heavy atom. The first-order valence-corrected chi connectivity index (χ1v) is 9.51. The zero-order valence-electron chi connectivity index (χ0n) is 16.8. The minimum atomic E-state index is 0. The second-order valence-corrected chi connectivity index (χ2v) is 8.33. The molecule has 0 bridgehead atoms. The van der Waals surface area contributed by atoms with Gasteiger partial charge in [-0.05, 0) is 68.7 Å². The van der Waals surface area contributed by atoms with Crippen molar-refractivity contribution in [3.63, 3.8) is 0 Å². The Bertz CT molecular complexity index is 437. The van der Waals surface area contributed by atoms with Crippen molar-refractivity contribution >= 4 is 18.9 Å². The third kappa shape index (κ3) is 5.25. The molecule has 2 heteroatoms. The van der Waals surface area contributed by atoms with Crippen LogP contribution in [0.3, 0.4) is 0 Å². The van der Waals surface area contributed by atoms with Crippen molar-refractivity contribution in [3.8, 4) is 0 Å². The Hall–Kier alpha value is 0.0374. The molecule has 0 unspecified atom stereocenters. The molecule has 2 aliphatic carbocycles. The summed E-state index contributed by atoms with van der Waals surface area (Å²) in [5.74, 6) is 2.25. The maximum atomic E-state index is 2.41. The fourth-order valence-electron chi connectivity index (χ4n) is 4.46. The summed E-state index contributed by atoms with van der Waals surface area (Å²) < 4.78 is 0. The molecule has 23 heavy (non-hydrogen) atoms. The molecule has 0 aromatic carbocycles. The molecule has 0 saturated heterocycles. The van der Waals surface area contributed by atoms with Crippen LogP contribution in [0, 0.1) is 17.8 Å². The molecule has 0 heterocycles. The summed E-state index contributed by atoms with van der Waals surface area (Å²) in [6.45, 7) is 10.8. The number of rotatable bonds is 6. The first kappa shape index (κ1) is 21.1. The van der Waals surface area contributed by atoms with E-state index in [1.807, 2.05) is 5.57 Å². The molecule has 2 rings (SSSR count). The third-order valence-corrected chi connectivity index (χ3v) is 5.57. The average Bonchev–Trinajstić information content (AvgIpc) is 2.86. The topological polar surface area (TPSA) is 3.24 Å². The van der Waals surface area contributed by atoms with Crippen LogP contribution >= 0.6 is 0 Å². The van der Waals surface area contributed by atoms with Gasteiger partial charge in [-0.1, -0.05) is 58.1 Å². The average molecular weight is 310 g/mol. The Kier molecular flexibility index (Phi) is 8.71. The molecule has 1 saturated carbocycles. The van der Waals surface area contributed by atoms with Gasteiger partial charge < -0.3 is 4.90 Å². The fourth-order valence-corrected chi connectivity index (χ4v) is 4.46. The number of hydrogen-bond acceptors (Lipinski definition) is 1. The monoisotopic (exact) mass is 310 g/mol. The van der Waals surface area contributed by atoms with Gasteiger partial charge >= 0.3 is 0 Å². The molecular weight excluding hydrogens is 273 g/mol. The molecule has 1 nitrogen and oxygen atoms in total. The third-order valence-electron chi connectivity index (χ3n) is 5.57. The molecular formula is C21H37LiN. The van der Waals surface area contributed by atoms with Gasteiger partial charge in [0.1, 0.15) is 0 Å². The molecule has 1 fully saturated rings. The van der Waals surface area contributed by atoms with Crippen LogP contribution in [0.2, 0.25) is 0 Å². The molecule has 0 aromatic heterocycles. The molecule has 127 valence electrons. The van der Waals surface area contributed by atoms with Gasteiger partial charge in [0.15, 0.2) is 0 Å². The summed E-state index contributed by atoms with van der Waals surface area (Å²) in [6.07, 6.45) is 9.74. The van der Waals surface area contributed by atoms with Crippen molar-refractivity contribution < 1.29 is 0 Å². The van der Waals surface area contributed by atoms with Crippen LogP contribution in [0.25, 0.3) is 0 Å². The summed E-state index contributed by atoms with van der Waals surface area (Å²) in [5.41, 5.74) is 7.12. The van der Waals surface area contributed by atoms with Crippen molar-refractivity contribution in [2.24, 2.45) is 17.8 Å². The molecule has 0 aliphatic heterocycles. The van der Waals surface area contributed by atoms with Gasteiger partial charge in [-0.2, -0.15) is 0 Å². The normalized spacial score (nSPS) is 20.2. The Morgan fingerprint density at radius 1 is 0.957 bits per heavy atom. The Morgan fingerprint density at radius 3 is 2.04 bits per heavy atom. The van der Waals surface area contributed by atoms with Crippen molar-refractivity contribution in [2.75, 3.05) is 20.6 Å². The molecule has 1 radical (unpaired) electrons. The fraction of sp³-hybridized carbons (Fsp3) is 0.810. The maximum absolute atomic E-state index is 2.41. The van der Waals surface area contributed by atoms with E-state index in [0.29, 0.717) is 11.8 Å². The van der Waals surface area contributed by atoms with E-state index >= 15 is 0 Å². The van der Waals surface area contributed by atoms with E-state index in [2.05, 4.69) is 46.7 Å². The van der Waals surface area contributed by atoms with Gasteiger partial charge in [0.25, 0.3) is 0 Å². The quantitative estimate of drug-likeness (QED) is 0.590. The van der Waals surface area contributed by atoms with Gasteiger partial charge in [-0.15, -0.1) is 0 Å². The second kappa shape index (κ2) is 9.50. The maximum Gasteiger partial charge on any atom is 0.00128 e. The van der Waals surface area contributed by atoms with E-state index < -0.39 is 0 Å². The number of allylic oxidation sites excluding steroid dienone is 3. The van der Waals surface area contributed by atoms with Gasteiger partial charge in [0, 0.05) is 25.4 Å². The summed E-state index contributed by atoms with van der Waals surface area (Å²) >= 11 is 0. The van der Waals surface area contributed by atoms with E-state index in [1.165, 1.54) is 51.5 Å². The van der Waals surface area contributed by atoms with Crippen molar-refractivity contribution in [3.05, 3.63) is 22.3 Å². The van der Waals surface area contributed by atoms with Crippen LogP contribution in [-0.2, 0) is 0 Å². The van der Waals surface area contributed by atoms with Gasteiger partial charge in [-0.25, -0.2) is 0 Å². The Labute approximate surface area is 157 Å². The van der Waals surface area contributed by atoms with E-state index in [9.17, 15) is 0 Å². The van der Waals surface area contributed by atoms with Crippen molar-refractivity contribution in [1.82, 2.24) is 4.90 Å². The predicted molar refractivity (Wildman–Crippen MR) is 104 cm³/mol. The standard InChI is InChI=1S/C21H37N.Li/c1-15(2)19-14-18(12-13-22(5)6)21(20(19)16(3)4)17-10-8-7-9-11-17;/h15-17H,7-14H2,1-6H3;. The molecule has 0 atom stereocenters. The van der Waals surface area contributed by atoms with E-state index in [1.54, 1.807) is 16.7 Å². The van der Waals surface area contributed by atoms with Crippen molar-refractivity contribution in [2.45, 2.75) is 72.6 Å². The molecule has 0 aromatic rings.